The zero-order valence-electron chi connectivity index (χ0n) is 14.5. The van der Waals surface area contributed by atoms with Gasteiger partial charge < -0.3 is 10.6 Å². The molecule has 0 aliphatic rings. The number of rotatable bonds is 9. The van der Waals surface area contributed by atoms with Crippen molar-refractivity contribution < 1.29 is 8.42 Å². The minimum absolute atomic E-state index is 0. The Morgan fingerprint density at radius 3 is 2.42 bits per heavy atom. The van der Waals surface area contributed by atoms with E-state index in [1.165, 1.54) is 6.26 Å². The summed E-state index contributed by atoms with van der Waals surface area (Å²) < 4.78 is 22.9. The molecule has 0 amide bonds. The van der Waals surface area contributed by atoms with Crippen LogP contribution in [0.4, 0.5) is 0 Å². The number of nitrogens with zero attached hydrogens (tertiary/aromatic N) is 1. The Hall–Kier alpha value is -0.480. The topological polar surface area (TPSA) is 70.6 Å². The lowest BCUT2D eigenvalue weighted by atomic mass is 10.1. The quantitative estimate of drug-likeness (QED) is 0.244. The van der Waals surface area contributed by atoms with Crippen LogP contribution in [0.5, 0.6) is 0 Å². The molecule has 138 valence electrons. The number of nitrogens with one attached hydrogen (secondary N) is 2. The van der Waals surface area contributed by atoms with Crippen LogP contribution in [0.15, 0.2) is 34.2 Å². The highest BCUT2D eigenvalue weighted by Gasteiger charge is 2.06. The first-order chi connectivity index (χ1) is 11.0. The van der Waals surface area contributed by atoms with Crippen LogP contribution in [-0.4, -0.2) is 52.3 Å². The fourth-order valence-corrected chi connectivity index (χ4v) is 3.02. The summed E-state index contributed by atoms with van der Waals surface area (Å²) in [6.07, 6.45) is 5.21. The molecule has 0 radical (unpaired) electrons. The van der Waals surface area contributed by atoms with Gasteiger partial charge >= 0.3 is 0 Å². The standard InChI is InChI=1S/C16H27N3O2S2.HI/c1-4-17-16(18-11-5-13-22-2)19-12-10-14-6-8-15(9-7-14)23(3,20)21;/h6-9H,4-5,10-13H2,1-3H3,(H2,17,18,19);1H. The van der Waals surface area contributed by atoms with Crippen molar-refractivity contribution in [2.45, 2.75) is 24.7 Å². The van der Waals surface area contributed by atoms with Gasteiger partial charge in [-0.1, -0.05) is 12.1 Å². The number of halogens is 1. The molecule has 1 rings (SSSR count). The van der Waals surface area contributed by atoms with E-state index in [4.69, 9.17) is 0 Å². The molecule has 0 heterocycles. The Morgan fingerprint density at radius 1 is 1.21 bits per heavy atom. The van der Waals surface area contributed by atoms with E-state index in [1.807, 2.05) is 30.8 Å². The highest BCUT2D eigenvalue weighted by atomic mass is 127. The van der Waals surface area contributed by atoms with Crippen molar-refractivity contribution in [1.82, 2.24) is 10.6 Å². The number of guanidine groups is 1. The minimum Gasteiger partial charge on any atom is -0.357 e. The van der Waals surface area contributed by atoms with Crippen molar-refractivity contribution in [3.8, 4) is 0 Å². The molecular formula is C16H28IN3O2S2. The van der Waals surface area contributed by atoms with Crippen molar-refractivity contribution in [3.63, 3.8) is 0 Å². The second-order valence-corrected chi connectivity index (χ2v) is 8.20. The van der Waals surface area contributed by atoms with E-state index in [0.717, 1.165) is 49.8 Å². The zero-order chi connectivity index (χ0) is 17.1. The Labute approximate surface area is 167 Å². The predicted molar refractivity (Wildman–Crippen MR) is 116 cm³/mol. The third-order valence-electron chi connectivity index (χ3n) is 3.18. The second kappa shape index (κ2) is 12.8. The van der Waals surface area contributed by atoms with Gasteiger partial charge in [-0.15, -0.1) is 24.0 Å². The van der Waals surface area contributed by atoms with Gasteiger partial charge in [0.2, 0.25) is 0 Å². The van der Waals surface area contributed by atoms with E-state index < -0.39 is 9.84 Å². The van der Waals surface area contributed by atoms with Crippen molar-refractivity contribution >= 4 is 51.5 Å². The number of aliphatic imine (C=N–C) groups is 1. The van der Waals surface area contributed by atoms with Crippen LogP contribution in [0.1, 0.15) is 18.9 Å². The molecule has 0 bridgehead atoms. The highest BCUT2D eigenvalue weighted by Crippen LogP contribution is 2.10. The van der Waals surface area contributed by atoms with Crippen LogP contribution in [0, 0.1) is 0 Å². The summed E-state index contributed by atoms with van der Waals surface area (Å²) >= 11 is 1.83. The minimum atomic E-state index is -3.12. The van der Waals surface area contributed by atoms with E-state index in [1.54, 1.807) is 12.1 Å². The fraction of sp³-hybridized carbons (Fsp3) is 0.562. The molecule has 0 aromatic heterocycles. The van der Waals surface area contributed by atoms with Gasteiger partial charge in [-0.25, -0.2) is 8.42 Å². The van der Waals surface area contributed by atoms with Gasteiger partial charge in [-0.3, -0.25) is 4.99 Å². The molecule has 5 nitrogen and oxygen atoms in total. The summed E-state index contributed by atoms with van der Waals surface area (Å²) in [5.41, 5.74) is 1.10. The first-order valence-corrected chi connectivity index (χ1v) is 11.1. The van der Waals surface area contributed by atoms with Gasteiger partial charge in [0, 0.05) is 25.9 Å². The first-order valence-electron chi connectivity index (χ1n) is 7.77. The van der Waals surface area contributed by atoms with Crippen LogP contribution < -0.4 is 10.6 Å². The maximum absolute atomic E-state index is 11.4. The maximum atomic E-state index is 11.4. The van der Waals surface area contributed by atoms with Gasteiger partial charge in [0.05, 0.1) is 4.90 Å². The van der Waals surface area contributed by atoms with Crippen molar-refractivity contribution in [2.24, 2.45) is 4.99 Å². The molecule has 24 heavy (non-hydrogen) atoms. The van der Waals surface area contributed by atoms with E-state index in [-0.39, 0.29) is 24.0 Å². The van der Waals surface area contributed by atoms with Crippen LogP contribution in [0.25, 0.3) is 0 Å². The molecule has 0 spiro atoms. The number of sulfone groups is 1. The second-order valence-electron chi connectivity index (χ2n) is 5.20. The smallest absolute Gasteiger partial charge is 0.191 e. The molecule has 0 saturated carbocycles. The lowest BCUT2D eigenvalue weighted by molar-refractivity contribution is 0.602. The zero-order valence-corrected chi connectivity index (χ0v) is 18.5. The summed E-state index contributed by atoms with van der Waals surface area (Å²) in [7, 11) is -3.12. The van der Waals surface area contributed by atoms with Gasteiger partial charge in [-0.2, -0.15) is 11.8 Å². The van der Waals surface area contributed by atoms with Gasteiger partial charge in [0.1, 0.15) is 0 Å². The van der Waals surface area contributed by atoms with Gasteiger partial charge in [0.15, 0.2) is 15.8 Å². The molecule has 0 aliphatic heterocycles. The molecule has 0 unspecified atom stereocenters. The van der Waals surface area contributed by atoms with Crippen LogP contribution in [0.3, 0.4) is 0 Å². The van der Waals surface area contributed by atoms with Crippen LogP contribution >= 0.6 is 35.7 Å². The highest BCUT2D eigenvalue weighted by molar-refractivity contribution is 14.0. The number of benzene rings is 1. The lowest BCUT2D eigenvalue weighted by Gasteiger charge is -2.11. The number of hydrogen-bond donors (Lipinski definition) is 2. The average Bonchev–Trinajstić information content (AvgIpc) is 2.51. The normalized spacial score (nSPS) is 11.7. The van der Waals surface area contributed by atoms with Crippen LogP contribution in [-0.2, 0) is 16.3 Å². The summed E-state index contributed by atoms with van der Waals surface area (Å²) in [4.78, 5) is 4.89. The molecule has 1 aromatic carbocycles. The van der Waals surface area contributed by atoms with E-state index in [2.05, 4.69) is 21.9 Å². The Bertz CT molecular complexity index is 590. The summed E-state index contributed by atoms with van der Waals surface area (Å²) in [5.74, 6) is 1.96. The van der Waals surface area contributed by atoms with Gasteiger partial charge in [0.25, 0.3) is 0 Å². The Morgan fingerprint density at radius 2 is 1.88 bits per heavy atom. The van der Waals surface area contributed by atoms with E-state index >= 15 is 0 Å². The fourth-order valence-electron chi connectivity index (χ4n) is 1.97. The van der Waals surface area contributed by atoms with Crippen LogP contribution in [0.2, 0.25) is 0 Å². The molecular weight excluding hydrogens is 457 g/mol. The summed E-state index contributed by atoms with van der Waals surface area (Å²) in [6.45, 7) is 4.45. The summed E-state index contributed by atoms with van der Waals surface area (Å²) in [6, 6.07) is 7.04. The lowest BCUT2D eigenvalue weighted by Crippen LogP contribution is -2.38. The third kappa shape index (κ3) is 9.73. The molecule has 8 heteroatoms. The van der Waals surface area contributed by atoms with E-state index in [0.29, 0.717) is 4.90 Å². The summed E-state index contributed by atoms with van der Waals surface area (Å²) in [5, 5.41) is 6.53. The third-order valence-corrected chi connectivity index (χ3v) is 5.00. The monoisotopic (exact) mass is 485 g/mol. The molecule has 0 fully saturated rings. The van der Waals surface area contributed by atoms with Crippen molar-refractivity contribution in [3.05, 3.63) is 29.8 Å². The molecule has 0 aliphatic carbocycles. The predicted octanol–water partition coefficient (Wildman–Crippen LogP) is 2.56. The first kappa shape index (κ1) is 23.5. The Balaban J connectivity index is 0.00000529. The average molecular weight is 485 g/mol. The van der Waals surface area contributed by atoms with Crippen molar-refractivity contribution in [2.75, 3.05) is 37.9 Å². The van der Waals surface area contributed by atoms with Gasteiger partial charge in [-0.05, 0) is 49.5 Å². The SMILES string of the molecule is CCNC(=NCCCSC)NCCc1ccc(S(C)(=O)=O)cc1.I. The number of hydrogen-bond acceptors (Lipinski definition) is 4. The Kier molecular flexibility index (Phi) is 12.6. The van der Waals surface area contributed by atoms with Crippen molar-refractivity contribution in [1.29, 1.82) is 0 Å². The maximum Gasteiger partial charge on any atom is 0.191 e. The van der Waals surface area contributed by atoms with E-state index in [9.17, 15) is 8.42 Å². The molecule has 0 saturated heterocycles. The molecule has 0 atom stereocenters. The molecule has 1 aromatic rings. The number of thioether (sulfide) groups is 1. The largest absolute Gasteiger partial charge is 0.357 e. The molecule has 2 N–H and O–H groups in total.